The molecule has 1 aromatic heterocycles. The van der Waals surface area contributed by atoms with E-state index in [-0.39, 0.29) is 34.4 Å². The third kappa shape index (κ3) is 6.77. The van der Waals surface area contributed by atoms with Crippen LogP contribution in [0.15, 0.2) is 41.2 Å². The number of aromatic nitrogens is 1. The molecule has 1 amide bonds. The van der Waals surface area contributed by atoms with E-state index in [2.05, 4.69) is 10.6 Å². The Morgan fingerprint density at radius 1 is 1.07 bits per heavy atom. The summed E-state index contributed by atoms with van der Waals surface area (Å²) >= 11 is 0. The van der Waals surface area contributed by atoms with E-state index in [1.54, 1.807) is 13.0 Å². The largest absolute Gasteiger partial charge is 0.453 e. The fraction of sp³-hybridized carbons (Fsp3) is 0.333. The van der Waals surface area contributed by atoms with Gasteiger partial charge < -0.3 is 15.4 Å². The van der Waals surface area contributed by atoms with Crippen molar-refractivity contribution in [3.05, 3.63) is 75.1 Å². The van der Waals surface area contributed by atoms with Crippen molar-refractivity contribution in [3.8, 4) is 11.5 Å². The van der Waals surface area contributed by atoms with E-state index in [0.29, 0.717) is 5.56 Å². The van der Waals surface area contributed by atoms with Gasteiger partial charge in [-0.1, -0.05) is 26.0 Å². The lowest BCUT2D eigenvalue weighted by Crippen LogP contribution is -2.32. The van der Waals surface area contributed by atoms with Crippen LogP contribution < -0.4 is 30.4 Å². The minimum absolute atomic E-state index is 0.00975. The number of amides is 1. The number of hydrogen-bond acceptors (Lipinski definition) is 6. The van der Waals surface area contributed by atoms with Gasteiger partial charge >= 0.3 is 0 Å². The summed E-state index contributed by atoms with van der Waals surface area (Å²) in [7, 11) is -1.48. The molecule has 1 heterocycles. The fourth-order valence-corrected chi connectivity index (χ4v) is 4.26. The summed E-state index contributed by atoms with van der Waals surface area (Å²) < 4.78 is 64.8. The zero-order valence-corrected chi connectivity index (χ0v) is 23.9. The van der Waals surface area contributed by atoms with Gasteiger partial charge in [-0.15, -0.1) is 0 Å². The molecule has 1 saturated carbocycles. The number of carbonyl (C=O) groups is 1. The number of carbonyl (C=O) groups excluding carboxylic acids is 1. The molecule has 1 aliphatic rings. The van der Waals surface area contributed by atoms with Crippen molar-refractivity contribution in [3.63, 3.8) is 0 Å². The van der Waals surface area contributed by atoms with Gasteiger partial charge in [-0.05, 0) is 56.5 Å². The fourth-order valence-electron chi connectivity index (χ4n) is 3.71. The van der Waals surface area contributed by atoms with E-state index < -0.39 is 44.7 Å². The molecule has 3 aromatic rings. The Balaban J connectivity index is 0.00000216. The van der Waals surface area contributed by atoms with Crippen molar-refractivity contribution in [1.82, 2.24) is 14.6 Å². The van der Waals surface area contributed by atoms with Gasteiger partial charge in [0.2, 0.25) is 0 Å². The maximum atomic E-state index is 15.3. The first-order valence-electron chi connectivity index (χ1n) is 12.7. The highest BCUT2D eigenvalue weighted by atomic mass is 32.2. The topological polar surface area (TPSA) is 131 Å². The summed E-state index contributed by atoms with van der Waals surface area (Å²) in [6.45, 7) is 7.13. The predicted molar refractivity (Wildman–Crippen MR) is 151 cm³/mol. The van der Waals surface area contributed by atoms with Crippen LogP contribution in [0.5, 0.6) is 11.5 Å². The Morgan fingerprint density at radius 2 is 1.75 bits per heavy atom. The molecule has 0 saturated heterocycles. The minimum atomic E-state index is -4.04. The summed E-state index contributed by atoms with van der Waals surface area (Å²) in [6, 6.07) is 8.09. The smallest absolute Gasteiger partial charge is 0.298 e. The van der Waals surface area contributed by atoms with Crippen molar-refractivity contribution < 1.29 is 26.7 Å². The van der Waals surface area contributed by atoms with Crippen LogP contribution in [0, 0.1) is 25.5 Å². The lowest BCUT2D eigenvalue weighted by molar-refractivity contribution is 0.0948. The molecule has 0 aliphatic heterocycles. The first-order chi connectivity index (χ1) is 18.9. The second-order valence-corrected chi connectivity index (χ2v) is 10.5. The van der Waals surface area contributed by atoms with Crippen LogP contribution in [-0.2, 0) is 17.3 Å². The number of rotatable bonds is 9. The molecule has 1 aliphatic carbocycles. The van der Waals surface area contributed by atoms with E-state index in [1.807, 2.05) is 23.3 Å². The van der Waals surface area contributed by atoms with Crippen LogP contribution in [0.3, 0.4) is 0 Å². The van der Waals surface area contributed by atoms with Crippen molar-refractivity contribution in [2.24, 2.45) is 7.05 Å². The highest BCUT2D eigenvalue weighted by molar-refractivity contribution is 7.90. The first-order valence-corrected chi connectivity index (χ1v) is 14.2. The molecule has 40 heavy (non-hydrogen) atoms. The van der Waals surface area contributed by atoms with E-state index in [9.17, 15) is 22.4 Å². The van der Waals surface area contributed by atoms with Crippen molar-refractivity contribution >= 4 is 33.3 Å². The quantitative estimate of drug-likeness (QED) is 0.294. The van der Waals surface area contributed by atoms with Crippen LogP contribution >= 0.6 is 0 Å². The number of benzene rings is 2. The van der Waals surface area contributed by atoms with Crippen LogP contribution in [0.2, 0.25) is 0 Å². The number of halogens is 2. The zero-order valence-electron chi connectivity index (χ0n) is 23.1. The number of aryl methyl sites for hydroxylation is 1. The lowest BCUT2D eigenvalue weighted by atomic mass is 10.1. The van der Waals surface area contributed by atoms with Crippen molar-refractivity contribution in [1.29, 1.82) is 0 Å². The predicted octanol–water partition coefficient (Wildman–Crippen LogP) is 4.61. The molecule has 13 heteroatoms. The molecule has 1 fully saturated rings. The highest BCUT2D eigenvalue weighted by Gasteiger charge is 2.31. The lowest BCUT2D eigenvalue weighted by Gasteiger charge is -2.22. The zero-order chi connectivity index (χ0) is 29.8. The van der Waals surface area contributed by atoms with Gasteiger partial charge in [0, 0.05) is 20.1 Å². The molecule has 10 nitrogen and oxygen atoms in total. The summed E-state index contributed by atoms with van der Waals surface area (Å²) in [5, 5.41) is 5.65. The highest BCUT2D eigenvalue weighted by Crippen LogP contribution is 2.37. The van der Waals surface area contributed by atoms with Gasteiger partial charge in [0.25, 0.3) is 21.7 Å². The SMILES string of the molecule is CC.CNS(=O)(=O)Nc1cccc(Oc2c(C(=O)NC3CC3)c(Nc3ccc(C)cc3F)n(C)c(=O)c2C)c1F. The second-order valence-electron chi connectivity index (χ2n) is 8.93. The molecule has 0 unspecified atom stereocenters. The van der Waals surface area contributed by atoms with E-state index in [4.69, 9.17) is 4.74 Å². The van der Waals surface area contributed by atoms with Crippen LogP contribution in [0.4, 0.5) is 26.0 Å². The average molecular weight is 578 g/mol. The molecule has 0 bridgehead atoms. The third-order valence-corrected chi connectivity index (χ3v) is 7.00. The summed E-state index contributed by atoms with van der Waals surface area (Å²) in [6.07, 6.45) is 1.54. The number of anilines is 3. The number of pyridine rings is 1. The Hall–Kier alpha value is -3.97. The maximum Gasteiger partial charge on any atom is 0.298 e. The monoisotopic (exact) mass is 577 g/mol. The Bertz CT molecular complexity index is 1590. The average Bonchev–Trinajstić information content (AvgIpc) is 3.74. The van der Waals surface area contributed by atoms with E-state index in [1.165, 1.54) is 44.3 Å². The van der Waals surface area contributed by atoms with Gasteiger partial charge in [-0.2, -0.15) is 8.42 Å². The Kier molecular flexibility index (Phi) is 9.53. The standard InChI is InChI=1S/C25H27F2N5O5S.C2H6/c1-13-8-11-17(16(26)12-13)30-23-20(24(33)29-15-9-10-15)22(14(2)25(34)32(23)4)37-19-7-5-6-18(21(19)27)31-38(35,36)28-3;1-2/h5-8,11-12,15,28,30-31H,9-10H2,1-4H3,(H,29,33);1-2H3. The number of nitrogens with one attached hydrogen (secondary N) is 4. The number of hydrogen-bond donors (Lipinski definition) is 4. The van der Waals surface area contributed by atoms with Crippen LogP contribution in [-0.4, -0.2) is 32.0 Å². The van der Waals surface area contributed by atoms with Gasteiger partial charge in [-0.25, -0.2) is 13.5 Å². The molecular formula is C27H33F2N5O5S. The molecule has 0 radical (unpaired) electrons. The molecule has 0 spiro atoms. The van der Waals surface area contributed by atoms with Crippen molar-refractivity contribution in [2.45, 2.75) is 46.6 Å². The molecule has 216 valence electrons. The number of nitrogens with zero attached hydrogens (tertiary/aromatic N) is 1. The summed E-state index contributed by atoms with van der Waals surface area (Å²) in [5.74, 6) is -3.05. The van der Waals surface area contributed by atoms with Crippen LogP contribution in [0.25, 0.3) is 0 Å². The Labute approximate surface area is 231 Å². The van der Waals surface area contributed by atoms with Gasteiger partial charge in [-0.3, -0.25) is 18.9 Å². The molecule has 0 atom stereocenters. The van der Waals surface area contributed by atoms with Gasteiger partial charge in [0.15, 0.2) is 17.3 Å². The normalized spacial score (nSPS) is 12.7. The van der Waals surface area contributed by atoms with Crippen molar-refractivity contribution in [2.75, 3.05) is 17.1 Å². The molecule has 2 aromatic carbocycles. The van der Waals surface area contributed by atoms with Gasteiger partial charge in [0.1, 0.15) is 17.2 Å². The van der Waals surface area contributed by atoms with Crippen LogP contribution in [0.1, 0.15) is 48.2 Å². The molecule has 4 rings (SSSR count). The Morgan fingerprint density at radius 3 is 2.35 bits per heavy atom. The molecule has 4 N–H and O–H groups in total. The maximum absolute atomic E-state index is 15.3. The van der Waals surface area contributed by atoms with Gasteiger partial charge in [0.05, 0.1) is 16.9 Å². The first kappa shape index (κ1) is 30.6. The minimum Gasteiger partial charge on any atom is -0.453 e. The van der Waals surface area contributed by atoms with E-state index in [0.717, 1.165) is 24.5 Å². The number of ether oxygens (including phenoxy) is 1. The summed E-state index contributed by atoms with van der Waals surface area (Å²) in [5.41, 5.74) is -0.463. The van der Waals surface area contributed by atoms with E-state index >= 15 is 4.39 Å². The second kappa shape index (κ2) is 12.5. The molecular weight excluding hydrogens is 544 g/mol. The third-order valence-electron chi connectivity index (χ3n) is 5.97. The summed E-state index contributed by atoms with van der Waals surface area (Å²) in [4.78, 5) is 26.6.